The second kappa shape index (κ2) is 4.43. The lowest BCUT2D eigenvalue weighted by Crippen LogP contribution is -2.10. The molecule has 1 aromatic carbocycles. The van der Waals surface area contributed by atoms with Gasteiger partial charge in [-0.1, -0.05) is 39.0 Å². The van der Waals surface area contributed by atoms with Crippen molar-refractivity contribution in [2.75, 3.05) is 5.73 Å². The number of thiazole rings is 1. The van der Waals surface area contributed by atoms with Gasteiger partial charge in [0.1, 0.15) is 15.7 Å². The van der Waals surface area contributed by atoms with Gasteiger partial charge >= 0.3 is 0 Å². The predicted molar refractivity (Wildman–Crippen MR) is 75.4 cm³/mol. The van der Waals surface area contributed by atoms with Crippen LogP contribution in [0.3, 0.4) is 0 Å². The van der Waals surface area contributed by atoms with E-state index in [1.165, 1.54) is 11.3 Å². The molecule has 0 atom stereocenters. The lowest BCUT2D eigenvalue weighted by molar-refractivity contribution is 0.586. The quantitative estimate of drug-likeness (QED) is 0.849. The van der Waals surface area contributed by atoms with E-state index in [1.54, 1.807) is 6.07 Å². The number of nitriles is 1. The monoisotopic (exact) mass is 257 g/mol. The lowest BCUT2D eigenvalue weighted by Gasteiger charge is -2.13. The first-order valence-electron chi connectivity index (χ1n) is 5.70. The Kier molecular flexibility index (Phi) is 3.10. The molecule has 0 saturated heterocycles. The first-order valence-corrected chi connectivity index (χ1v) is 6.51. The van der Waals surface area contributed by atoms with Crippen LogP contribution in [-0.4, -0.2) is 4.98 Å². The standard InChI is InChI=1S/C14H15N3S/c1-14(2,3)13-17-11(12(16)18-13)10-7-5-4-6-9(10)8-15/h4-7H,16H2,1-3H3. The van der Waals surface area contributed by atoms with Crippen LogP contribution in [0.1, 0.15) is 31.3 Å². The van der Waals surface area contributed by atoms with E-state index in [1.807, 2.05) is 18.2 Å². The molecule has 3 nitrogen and oxygen atoms in total. The van der Waals surface area contributed by atoms with Crippen molar-refractivity contribution in [1.82, 2.24) is 4.98 Å². The van der Waals surface area contributed by atoms with Crippen molar-refractivity contribution in [2.45, 2.75) is 26.2 Å². The predicted octanol–water partition coefficient (Wildman–Crippen LogP) is 3.56. The van der Waals surface area contributed by atoms with Crippen LogP contribution in [0.5, 0.6) is 0 Å². The molecule has 0 amide bonds. The van der Waals surface area contributed by atoms with E-state index in [0.29, 0.717) is 10.6 Å². The van der Waals surface area contributed by atoms with Crippen molar-refractivity contribution >= 4 is 16.3 Å². The molecule has 0 aliphatic heterocycles. The first kappa shape index (κ1) is 12.6. The molecule has 92 valence electrons. The Balaban J connectivity index is 2.59. The average Bonchev–Trinajstić information content (AvgIpc) is 2.71. The van der Waals surface area contributed by atoms with Gasteiger partial charge in [0.15, 0.2) is 0 Å². The number of nitrogens with zero attached hydrogens (tertiary/aromatic N) is 2. The van der Waals surface area contributed by atoms with Crippen LogP contribution in [0.25, 0.3) is 11.3 Å². The number of nitrogen functional groups attached to an aromatic ring is 1. The summed E-state index contributed by atoms with van der Waals surface area (Å²) in [6, 6.07) is 9.58. The van der Waals surface area contributed by atoms with Gasteiger partial charge in [-0.15, -0.1) is 11.3 Å². The summed E-state index contributed by atoms with van der Waals surface area (Å²) in [7, 11) is 0. The largest absolute Gasteiger partial charge is 0.389 e. The van der Waals surface area contributed by atoms with E-state index >= 15 is 0 Å². The minimum Gasteiger partial charge on any atom is -0.389 e. The Morgan fingerprint density at radius 2 is 1.94 bits per heavy atom. The average molecular weight is 257 g/mol. The maximum Gasteiger partial charge on any atom is 0.114 e. The van der Waals surface area contributed by atoms with Crippen molar-refractivity contribution < 1.29 is 0 Å². The van der Waals surface area contributed by atoms with Crippen LogP contribution in [0.4, 0.5) is 5.00 Å². The number of nitrogens with two attached hydrogens (primary N) is 1. The molecule has 0 spiro atoms. The van der Waals surface area contributed by atoms with Crippen LogP contribution in [-0.2, 0) is 5.41 Å². The molecule has 1 heterocycles. The normalized spacial score (nSPS) is 11.2. The molecule has 2 N–H and O–H groups in total. The van der Waals surface area contributed by atoms with Crippen LogP contribution < -0.4 is 5.73 Å². The third kappa shape index (κ3) is 2.22. The zero-order valence-electron chi connectivity index (χ0n) is 10.7. The van der Waals surface area contributed by atoms with E-state index in [2.05, 4.69) is 31.8 Å². The Labute approximate surface area is 111 Å². The second-order valence-electron chi connectivity index (χ2n) is 5.14. The molecule has 4 heteroatoms. The minimum absolute atomic E-state index is 0.0291. The number of aromatic nitrogens is 1. The maximum atomic E-state index is 9.12. The highest BCUT2D eigenvalue weighted by Gasteiger charge is 2.22. The van der Waals surface area contributed by atoms with Gasteiger partial charge in [0.2, 0.25) is 0 Å². The summed E-state index contributed by atoms with van der Waals surface area (Å²) in [5.74, 6) is 0. The third-order valence-corrected chi connectivity index (χ3v) is 3.91. The van der Waals surface area contributed by atoms with E-state index < -0.39 is 0 Å². The Hall–Kier alpha value is -1.86. The van der Waals surface area contributed by atoms with Crippen LogP contribution in [0.15, 0.2) is 24.3 Å². The summed E-state index contributed by atoms with van der Waals surface area (Å²) in [6.07, 6.45) is 0. The number of anilines is 1. The molecule has 2 rings (SSSR count). The molecule has 0 saturated carbocycles. The zero-order chi connectivity index (χ0) is 13.3. The molecular formula is C14H15N3S. The second-order valence-corrected chi connectivity index (χ2v) is 6.17. The highest BCUT2D eigenvalue weighted by atomic mass is 32.1. The van der Waals surface area contributed by atoms with E-state index in [9.17, 15) is 0 Å². The Morgan fingerprint density at radius 3 is 2.50 bits per heavy atom. The highest BCUT2D eigenvalue weighted by molar-refractivity contribution is 7.16. The maximum absolute atomic E-state index is 9.12. The molecule has 0 radical (unpaired) electrons. The van der Waals surface area contributed by atoms with Gasteiger partial charge < -0.3 is 5.73 Å². The van der Waals surface area contributed by atoms with E-state index in [4.69, 9.17) is 11.0 Å². The van der Waals surface area contributed by atoms with Crippen molar-refractivity contribution in [3.05, 3.63) is 34.8 Å². The lowest BCUT2D eigenvalue weighted by atomic mass is 9.98. The number of benzene rings is 1. The van der Waals surface area contributed by atoms with Gasteiger partial charge in [0.05, 0.1) is 11.6 Å². The van der Waals surface area contributed by atoms with E-state index in [-0.39, 0.29) is 5.41 Å². The summed E-state index contributed by atoms with van der Waals surface area (Å²) in [4.78, 5) is 4.60. The fourth-order valence-electron chi connectivity index (χ4n) is 1.63. The number of rotatable bonds is 1. The molecule has 1 aromatic heterocycles. The summed E-state index contributed by atoms with van der Waals surface area (Å²) in [5.41, 5.74) is 8.15. The Bertz CT molecular complexity index is 615. The smallest absolute Gasteiger partial charge is 0.114 e. The van der Waals surface area contributed by atoms with Gasteiger partial charge in [-0.3, -0.25) is 0 Å². The fourth-order valence-corrected chi connectivity index (χ4v) is 2.54. The molecule has 2 aromatic rings. The van der Waals surface area contributed by atoms with Gasteiger partial charge in [-0.2, -0.15) is 5.26 Å². The zero-order valence-corrected chi connectivity index (χ0v) is 11.5. The summed E-state index contributed by atoms with van der Waals surface area (Å²) >= 11 is 1.49. The van der Waals surface area contributed by atoms with Crippen molar-refractivity contribution in [2.24, 2.45) is 0 Å². The highest BCUT2D eigenvalue weighted by Crippen LogP contribution is 2.37. The molecule has 0 fully saturated rings. The van der Waals surface area contributed by atoms with Crippen LogP contribution in [0, 0.1) is 11.3 Å². The summed E-state index contributed by atoms with van der Waals surface area (Å²) in [6.45, 7) is 6.31. The summed E-state index contributed by atoms with van der Waals surface area (Å²) in [5, 5.41) is 10.8. The van der Waals surface area contributed by atoms with Gasteiger partial charge in [0.25, 0.3) is 0 Å². The van der Waals surface area contributed by atoms with Gasteiger partial charge in [-0.05, 0) is 6.07 Å². The molecule has 0 unspecified atom stereocenters. The Morgan fingerprint density at radius 1 is 1.28 bits per heavy atom. The first-order chi connectivity index (χ1) is 8.43. The minimum atomic E-state index is -0.0291. The van der Waals surface area contributed by atoms with Gasteiger partial charge in [0, 0.05) is 11.0 Å². The molecule has 0 aliphatic carbocycles. The van der Waals surface area contributed by atoms with Crippen molar-refractivity contribution in [1.29, 1.82) is 5.26 Å². The van der Waals surface area contributed by atoms with Crippen LogP contribution in [0.2, 0.25) is 0 Å². The van der Waals surface area contributed by atoms with Crippen LogP contribution >= 0.6 is 11.3 Å². The summed E-state index contributed by atoms with van der Waals surface area (Å²) < 4.78 is 0. The SMILES string of the molecule is CC(C)(C)c1nc(-c2ccccc2C#N)c(N)s1. The molecular weight excluding hydrogens is 242 g/mol. The molecule has 18 heavy (non-hydrogen) atoms. The van der Waals surface area contributed by atoms with Crippen molar-refractivity contribution in [3.8, 4) is 17.3 Å². The number of hydrogen-bond acceptors (Lipinski definition) is 4. The van der Waals surface area contributed by atoms with E-state index in [0.717, 1.165) is 16.3 Å². The fraction of sp³-hybridized carbons (Fsp3) is 0.286. The third-order valence-electron chi connectivity index (χ3n) is 2.60. The van der Waals surface area contributed by atoms with Gasteiger partial charge in [-0.25, -0.2) is 4.98 Å². The number of hydrogen-bond donors (Lipinski definition) is 1. The van der Waals surface area contributed by atoms with Crippen molar-refractivity contribution in [3.63, 3.8) is 0 Å². The molecule has 0 aliphatic rings. The topological polar surface area (TPSA) is 62.7 Å². The molecule has 0 bridgehead atoms.